The Hall–Kier alpha value is -2.50. The third-order valence-corrected chi connectivity index (χ3v) is 7.57. The fraction of sp³-hybridized carbons (Fsp3) is 0.391. The summed E-state index contributed by atoms with van der Waals surface area (Å²) < 4.78 is 16.2. The molecule has 2 atom stereocenters. The molecule has 0 spiro atoms. The summed E-state index contributed by atoms with van der Waals surface area (Å²) in [4.78, 5) is 23.9. The number of aromatic nitrogens is 2. The lowest BCUT2D eigenvalue weighted by Crippen LogP contribution is -2.47. The molecular weight excluding hydrogens is 412 g/mol. The number of hydrogen-bond donors (Lipinski definition) is 0. The molecule has 5 rings (SSSR count). The maximum atomic E-state index is 14.5. The maximum absolute atomic E-state index is 14.5. The molecule has 5 heterocycles. The normalized spacial score (nSPS) is 22.8. The molecule has 0 aromatic carbocycles. The van der Waals surface area contributed by atoms with Crippen LogP contribution in [0.15, 0.2) is 48.6 Å². The number of pyridine rings is 1. The second kappa shape index (κ2) is 8.21. The number of carbonyl (C=O) groups is 1. The molecule has 2 aromatic heterocycles. The van der Waals surface area contributed by atoms with Gasteiger partial charge in [-0.2, -0.15) is 0 Å². The van der Waals surface area contributed by atoms with E-state index in [9.17, 15) is 9.18 Å². The number of hydrogen-bond acceptors (Lipinski definition) is 4. The van der Waals surface area contributed by atoms with Crippen LogP contribution in [0.25, 0.3) is 11.0 Å². The second-order valence-corrected chi connectivity index (χ2v) is 9.74. The van der Waals surface area contributed by atoms with Gasteiger partial charge in [0, 0.05) is 56.4 Å². The first kappa shape index (κ1) is 20.4. The van der Waals surface area contributed by atoms with E-state index in [0.717, 1.165) is 55.0 Å². The molecule has 0 radical (unpaired) electrons. The average molecular weight is 439 g/mol. The van der Waals surface area contributed by atoms with Gasteiger partial charge in [-0.05, 0) is 37.3 Å². The highest BCUT2D eigenvalue weighted by Gasteiger charge is 2.30. The van der Waals surface area contributed by atoms with E-state index < -0.39 is 0 Å². The van der Waals surface area contributed by atoms with Crippen molar-refractivity contribution in [2.24, 2.45) is 0 Å². The number of halogens is 1. The number of nitrogens with zero attached hydrogens (tertiary/aromatic N) is 5. The number of rotatable bonds is 4. The Labute approximate surface area is 183 Å². The predicted molar refractivity (Wildman–Crippen MR) is 122 cm³/mol. The van der Waals surface area contributed by atoms with E-state index in [4.69, 9.17) is 0 Å². The van der Waals surface area contributed by atoms with E-state index in [1.807, 2.05) is 24.2 Å². The number of piperazine rings is 1. The molecule has 0 N–H and O–H groups in total. The van der Waals surface area contributed by atoms with Crippen molar-refractivity contribution in [2.75, 3.05) is 32.7 Å². The van der Waals surface area contributed by atoms with Gasteiger partial charge in [-0.25, -0.2) is 9.37 Å². The van der Waals surface area contributed by atoms with Crippen molar-refractivity contribution in [1.82, 2.24) is 24.1 Å². The van der Waals surface area contributed by atoms with Gasteiger partial charge in [0.05, 0.1) is 17.2 Å². The fourth-order valence-electron chi connectivity index (χ4n) is 4.49. The SMILES string of the molecule is CCCN1CCN(C2=CN3C(=O)C=C(c4cc(F)c5nc(C)cn5c4)PC3C=C2)CC1. The summed E-state index contributed by atoms with van der Waals surface area (Å²) in [6.45, 7) is 9.29. The molecule has 31 heavy (non-hydrogen) atoms. The zero-order chi connectivity index (χ0) is 21.5. The summed E-state index contributed by atoms with van der Waals surface area (Å²) >= 11 is 0. The van der Waals surface area contributed by atoms with Gasteiger partial charge in [-0.3, -0.25) is 9.69 Å². The first-order chi connectivity index (χ1) is 15.0. The number of imidazole rings is 1. The molecule has 0 aliphatic carbocycles. The third-order valence-electron chi connectivity index (χ3n) is 6.06. The zero-order valence-electron chi connectivity index (χ0n) is 17.9. The van der Waals surface area contributed by atoms with E-state index >= 15 is 0 Å². The molecule has 6 nitrogen and oxygen atoms in total. The lowest BCUT2D eigenvalue weighted by molar-refractivity contribution is -0.123. The highest BCUT2D eigenvalue weighted by atomic mass is 31.1. The van der Waals surface area contributed by atoms with E-state index in [0.29, 0.717) is 14.2 Å². The van der Waals surface area contributed by atoms with Gasteiger partial charge >= 0.3 is 0 Å². The average Bonchev–Trinajstić information content (AvgIpc) is 3.15. The smallest absolute Gasteiger partial charge is 0.252 e. The van der Waals surface area contributed by atoms with Gasteiger partial charge < -0.3 is 14.2 Å². The van der Waals surface area contributed by atoms with Crippen LogP contribution in [0.1, 0.15) is 24.6 Å². The molecule has 0 bridgehead atoms. The third kappa shape index (κ3) is 3.92. The van der Waals surface area contributed by atoms with E-state index in [2.05, 4.69) is 33.9 Å². The Morgan fingerprint density at radius 1 is 1.23 bits per heavy atom. The van der Waals surface area contributed by atoms with E-state index in [1.165, 1.54) is 12.5 Å². The number of aryl methyl sites for hydroxylation is 1. The molecular formula is C23H27FN5OP. The number of fused-ring (bicyclic) bond motifs is 2. The van der Waals surface area contributed by atoms with Gasteiger partial charge in [-0.1, -0.05) is 21.6 Å². The maximum Gasteiger partial charge on any atom is 0.252 e. The van der Waals surface area contributed by atoms with Gasteiger partial charge in [0.15, 0.2) is 11.5 Å². The minimum atomic E-state index is -0.366. The Bertz CT molecular complexity index is 1110. The van der Waals surface area contributed by atoms with Crippen LogP contribution >= 0.6 is 8.58 Å². The van der Waals surface area contributed by atoms with Gasteiger partial charge in [0.25, 0.3) is 5.91 Å². The highest BCUT2D eigenvalue weighted by molar-refractivity contribution is 7.51. The lowest BCUT2D eigenvalue weighted by Gasteiger charge is -2.40. The molecule has 1 amide bonds. The molecule has 2 aromatic rings. The van der Waals surface area contributed by atoms with Crippen LogP contribution in [0.4, 0.5) is 4.39 Å². The number of amides is 1. The van der Waals surface area contributed by atoms with Crippen LogP contribution in [0.5, 0.6) is 0 Å². The van der Waals surface area contributed by atoms with Crippen LogP contribution in [0, 0.1) is 12.7 Å². The van der Waals surface area contributed by atoms with Crippen molar-refractivity contribution >= 4 is 25.4 Å². The summed E-state index contributed by atoms with van der Waals surface area (Å²) in [6.07, 6.45) is 12.8. The monoisotopic (exact) mass is 439 g/mol. The Balaban J connectivity index is 1.36. The van der Waals surface area contributed by atoms with Crippen molar-refractivity contribution in [2.45, 2.75) is 26.1 Å². The van der Waals surface area contributed by atoms with Crippen LogP contribution < -0.4 is 0 Å². The van der Waals surface area contributed by atoms with Crippen molar-refractivity contribution < 1.29 is 9.18 Å². The van der Waals surface area contributed by atoms with Gasteiger partial charge in [0.2, 0.25) is 0 Å². The second-order valence-electron chi connectivity index (χ2n) is 8.32. The summed E-state index contributed by atoms with van der Waals surface area (Å²) in [5, 5.41) is 0.882. The molecule has 1 fully saturated rings. The number of carbonyl (C=O) groups excluding carboxylic acids is 1. The Morgan fingerprint density at radius 3 is 2.81 bits per heavy atom. The van der Waals surface area contributed by atoms with E-state index in [1.54, 1.807) is 16.7 Å². The molecule has 162 valence electrons. The van der Waals surface area contributed by atoms with Crippen molar-refractivity contribution in [3.8, 4) is 0 Å². The minimum absolute atomic E-state index is 0.0130. The molecule has 2 unspecified atom stereocenters. The standard InChI is InChI=1S/C23H27FN5OP/c1-3-6-26-7-9-27(10-8-26)18-4-5-22-29(15-18)21(30)12-20(31-22)17-11-19(24)23-25-16(2)13-28(23)14-17/h4-5,11-15,22,31H,3,6-10H2,1-2H3. The number of allylic oxidation sites excluding steroid dienone is 1. The van der Waals surface area contributed by atoms with Crippen molar-refractivity contribution in [1.29, 1.82) is 0 Å². The predicted octanol–water partition coefficient (Wildman–Crippen LogP) is 3.41. The summed E-state index contributed by atoms with van der Waals surface area (Å²) in [5.41, 5.74) is 2.92. The van der Waals surface area contributed by atoms with Gasteiger partial charge in [-0.15, -0.1) is 0 Å². The molecule has 0 saturated carbocycles. The lowest BCUT2D eigenvalue weighted by atomic mass is 10.2. The highest BCUT2D eigenvalue weighted by Crippen LogP contribution is 2.44. The summed E-state index contributed by atoms with van der Waals surface area (Å²) in [7, 11) is 0.362. The summed E-state index contributed by atoms with van der Waals surface area (Å²) in [6, 6.07) is 1.49. The zero-order valence-corrected chi connectivity index (χ0v) is 18.9. The quantitative estimate of drug-likeness (QED) is 0.685. The molecule has 3 aliphatic rings. The topological polar surface area (TPSA) is 44.1 Å². The largest absolute Gasteiger partial charge is 0.368 e. The van der Waals surface area contributed by atoms with Crippen LogP contribution in [-0.2, 0) is 4.79 Å². The Morgan fingerprint density at radius 2 is 2.03 bits per heavy atom. The first-order valence-electron chi connectivity index (χ1n) is 10.8. The first-order valence-corrected chi connectivity index (χ1v) is 11.9. The minimum Gasteiger partial charge on any atom is -0.368 e. The van der Waals surface area contributed by atoms with Crippen molar-refractivity contribution in [3.63, 3.8) is 0 Å². The molecule has 3 aliphatic heterocycles. The van der Waals surface area contributed by atoms with Crippen LogP contribution in [-0.4, -0.2) is 68.5 Å². The van der Waals surface area contributed by atoms with Gasteiger partial charge in [0.1, 0.15) is 0 Å². The summed E-state index contributed by atoms with van der Waals surface area (Å²) in [5.74, 6) is -0.428. The van der Waals surface area contributed by atoms with Crippen LogP contribution in [0.3, 0.4) is 0 Å². The van der Waals surface area contributed by atoms with Crippen molar-refractivity contribution in [3.05, 3.63) is 65.7 Å². The fourth-order valence-corrected chi connectivity index (χ4v) is 5.85. The van der Waals surface area contributed by atoms with E-state index in [-0.39, 0.29) is 17.5 Å². The Kier molecular flexibility index (Phi) is 5.40. The molecule has 1 saturated heterocycles. The molecule has 8 heteroatoms. The van der Waals surface area contributed by atoms with Crippen LogP contribution in [0.2, 0.25) is 0 Å².